The van der Waals surface area contributed by atoms with Gasteiger partial charge >= 0.3 is 5.97 Å². The summed E-state index contributed by atoms with van der Waals surface area (Å²) in [5.41, 5.74) is 0. The van der Waals surface area contributed by atoms with E-state index in [0.717, 1.165) is 25.9 Å². The smallest absolute Gasteiger partial charge is 0.311 e. The third-order valence-corrected chi connectivity index (χ3v) is 2.78. The first-order valence-corrected chi connectivity index (χ1v) is 5.66. The van der Waals surface area contributed by atoms with Gasteiger partial charge in [-0.3, -0.25) is 9.78 Å². The SMILES string of the molecule is O=C(CC1CCNCC1)Oc1cccnc1. The summed E-state index contributed by atoms with van der Waals surface area (Å²) in [5.74, 6) is 0.840. The first-order chi connectivity index (χ1) is 7.84. The van der Waals surface area contributed by atoms with E-state index in [1.807, 2.05) is 0 Å². The third-order valence-electron chi connectivity index (χ3n) is 2.78. The number of pyridine rings is 1. The minimum Gasteiger partial charge on any atom is -0.425 e. The van der Waals surface area contributed by atoms with Crippen LogP contribution in [0.3, 0.4) is 0 Å². The predicted molar refractivity (Wildman–Crippen MR) is 60.1 cm³/mol. The van der Waals surface area contributed by atoms with E-state index in [1.165, 1.54) is 0 Å². The van der Waals surface area contributed by atoms with Crippen LogP contribution >= 0.6 is 0 Å². The second-order valence-corrected chi connectivity index (χ2v) is 4.06. The number of nitrogens with zero attached hydrogens (tertiary/aromatic N) is 1. The molecule has 16 heavy (non-hydrogen) atoms. The monoisotopic (exact) mass is 220 g/mol. The minimum absolute atomic E-state index is 0.153. The van der Waals surface area contributed by atoms with Gasteiger partial charge in [0.1, 0.15) is 5.75 Å². The summed E-state index contributed by atoms with van der Waals surface area (Å²) in [6.07, 6.45) is 5.84. The highest BCUT2D eigenvalue weighted by Gasteiger charge is 2.17. The topological polar surface area (TPSA) is 51.2 Å². The fraction of sp³-hybridized carbons (Fsp3) is 0.500. The highest BCUT2D eigenvalue weighted by molar-refractivity contribution is 5.72. The Morgan fingerprint density at radius 2 is 2.31 bits per heavy atom. The van der Waals surface area contributed by atoms with Crippen molar-refractivity contribution < 1.29 is 9.53 Å². The highest BCUT2D eigenvalue weighted by Crippen LogP contribution is 2.17. The van der Waals surface area contributed by atoms with Crippen molar-refractivity contribution in [1.82, 2.24) is 10.3 Å². The first kappa shape index (κ1) is 11.1. The molecule has 1 aromatic heterocycles. The fourth-order valence-electron chi connectivity index (χ4n) is 1.90. The summed E-state index contributed by atoms with van der Waals surface area (Å²) in [7, 11) is 0. The number of piperidine rings is 1. The second kappa shape index (κ2) is 5.61. The number of carbonyl (C=O) groups is 1. The van der Waals surface area contributed by atoms with E-state index in [4.69, 9.17) is 4.74 Å². The van der Waals surface area contributed by atoms with Crippen LogP contribution in [0.4, 0.5) is 0 Å². The summed E-state index contributed by atoms with van der Waals surface area (Å²) in [6, 6.07) is 3.50. The molecule has 1 saturated heterocycles. The molecule has 2 heterocycles. The third kappa shape index (κ3) is 3.31. The number of rotatable bonds is 3. The standard InChI is InChI=1S/C12H16N2O2/c15-12(8-10-3-6-13-7-4-10)16-11-2-1-5-14-9-11/h1-2,5,9-10,13H,3-4,6-8H2. The average Bonchev–Trinajstić information content (AvgIpc) is 2.31. The minimum atomic E-state index is -0.153. The fourth-order valence-corrected chi connectivity index (χ4v) is 1.90. The lowest BCUT2D eigenvalue weighted by molar-refractivity contribution is -0.135. The normalized spacial score (nSPS) is 17.0. The molecule has 1 fully saturated rings. The second-order valence-electron chi connectivity index (χ2n) is 4.06. The van der Waals surface area contributed by atoms with E-state index in [2.05, 4.69) is 10.3 Å². The van der Waals surface area contributed by atoms with Gasteiger partial charge in [-0.1, -0.05) is 0 Å². The van der Waals surface area contributed by atoms with Gasteiger partial charge in [0.15, 0.2) is 0 Å². The molecule has 0 unspecified atom stereocenters. The van der Waals surface area contributed by atoms with Crippen LogP contribution in [0.1, 0.15) is 19.3 Å². The van der Waals surface area contributed by atoms with Crippen LogP contribution in [0.25, 0.3) is 0 Å². The molecule has 1 aromatic rings. The molecule has 1 aliphatic heterocycles. The number of hydrogen-bond acceptors (Lipinski definition) is 4. The molecule has 0 bridgehead atoms. The van der Waals surface area contributed by atoms with Crippen molar-refractivity contribution in [2.75, 3.05) is 13.1 Å². The van der Waals surface area contributed by atoms with Crippen LogP contribution in [0, 0.1) is 5.92 Å². The summed E-state index contributed by atoms with van der Waals surface area (Å²) in [5, 5.41) is 3.28. The largest absolute Gasteiger partial charge is 0.425 e. The zero-order valence-electron chi connectivity index (χ0n) is 9.19. The van der Waals surface area contributed by atoms with Crippen molar-refractivity contribution in [3.63, 3.8) is 0 Å². The molecule has 0 aliphatic carbocycles. The van der Waals surface area contributed by atoms with Gasteiger partial charge in [-0.15, -0.1) is 0 Å². The Balaban J connectivity index is 1.80. The summed E-state index contributed by atoms with van der Waals surface area (Å²) < 4.78 is 5.20. The molecule has 2 rings (SSSR count). The summed E-state index contributed by atoms with van der Waals surface area (Å²) in [6.45, 7) is 2.01. The van der Waals surface area contributed by atoms with Gasteiger partial charge in [0.05, 0.1) is 6.20 Å². The maximum Gasteiger partial charge on any atom is 0.311 e. The lowest BCUT2D eigenvalue weighted by atomic mass is 9.95. The van der Waals surface area contributed by atoms with Crippen molar-refractivity contribution in [2.24, 2.45) is 5.92 Å². The van der Waals surface area contributed by atoms with Crippen LogP contribution in [0.5, 0.6) is 5.75 Å². The number of nitrogens with one attached hydrogen (secondary N) is 1. The molecule has 0 atom stereocenters. The van der Waals surface area contributed by atoms with Crippen molar-refractivity contribution in [1.29, 1.82) is 0 Å². The van der Waals surface area contributed by atoms with Crippen LogP contribution in [-0.4, -0.2) is 24.0 Å². The number of ether oxygens (including phenoxy) is 1. The molecule has 1 aliphatic rings. The average molecular weight is 220 g/mol. The quantitative estimate of drug-likeness (QED) is 0.782. The van der Waals surface area contributed by atoms with E-state index < -0.39 is 0 Å². The lowest BCUT2D eigenvalue weighted by Crippen LogP contribution is -2.29. The van der Waals surface area contributed by atoms with Gasteiger partial charge in [0, 0.05) is 12.6 Å². The van der Waals surface area contributed by atoms with E-state index in [9.17, 15) is 4.79 Å². The van der Waals surface area contributed by atoms with E-state index in [-0.39, 0.29) is 5.97 Å². The van der Waals surface area contributed by atoms with Crippen molar-refractivity contribution in [3.8, 4) is 5.75 Å². The number of hydrogen-bond donors (Lipinski definition) is 1. The summed E-state index contributed by atoms with van der Waals surface area (Å²) >= 11 is 0. The van der Waals surface area contributed by atoms with Gasteiger partial charge in [0.25, 0.3) is 0 Å². The zero-order chi connectivity index (χ0) is 11.2. The molecule has 0 radical (unpaired) electrons. The molecular formula is C12H16N2O2. The highest BCUT2D eigenvalue weighted by atomic mass is 16.5. The molecule has 0 amide bonds. The van der Waals surface area contributed by atoms with E-state index in [0.29, 0.717) is 18.1 Å². The maximum atomic E-state index is 11.6. The Kier molecular flexibility index (Phi) is 3.88. The van der Waals surface area contributed by atoms with Crippen LogP contribution in [0.15, 0.2) is 24.5 Å². The van der Waals surface area contributed by atoms with E-state index in [1.54, 1.807) is 24.5 Å². The Labute approximate surface area is 95.0 Å². The Hall–Kier alpha value is -1.42. The van der Waals surface area contributed by atoms with Gasteiger partial charge < -0.3 is 10.1 Å². The van der Waals surface area contributed by atoms with Gasteiger partial charge in [-0.05, 0) is 44.0 Å². The first-order valence-electron chi connectivity index (χ1n) is 5.66. The van der Waals surface area contributed by atoms with Crippen LogP contribution in [-0.2, 0) is 4.79 Å². The van der Waals surface area contributed by atoms with Gasteiger partial charge in [0.2, 0.25) is 0 Å². The lowest BCUT2D eigenvalue weighted by Gasteiger charge is -2.21. The Bertz CT molecular complexity index is 334. The predicted octanol–water partition coefficient (Wildman–Crippen LogP) is 1.38. The molecule has 0 spiro atoms. The van der Waals surface area contributed by atoms with Crippen molar-refractivity contribution in [2.45, 2.75) is 19.3 Å². The van der Waals surface area contributed by atoms with Gasteiger partial charge in [-0.2, -0.15) is 0 Å². The molecular weight excluding hydrogens is 204 g/mol. The molecule has 4 heteroatoms. The Morgan fingerprint density at radius 3 is 3.00 bits per heavy atom. The van der Waals surface area contributed by atoms with Crippen molar-refractivity contribution in [3.05, 3.63) is 24.5 Å². The van der Waals surface area contributed by atoms with Gasteiger partial charge in [-0.25, -0.2) is 0 Å². The molecule has 0 saturated carbocycles. The van der Waals surface area contributed by atoms with Crippen molar-refractivity contribution >= 4 is 5.97 Å². The maximum absolute atomic E-state index is 11.6. The Morgan fingerprint density at radius 1 is 1.50 bits per heavy atom. The molecule has 0 aromatic carbocycles. The number of aromatic nitrogens is 1. The molecule has 4 nitrogen and oxygen atoms in total. The van der Waals surface area contributed by atoms with Crippen LogP contribution < -0.4 is 10.1 Å². The summed E-state index contributed by atoms with van der Waals surface area (Å²) in [4.78, 5) is 15.5. The van der Waals surface area contributed by atoms with Crippen LogP contribution in [0.2, 0.25) is 0 Å². The molecule has 86 valence electrons. The zero-order valence-corrected chi connectivity index (χ0v) is 9.19. The number of esters is 1. The van der Waals surface area contributed by atoms with E-state index >= 15 is 0 Å². The molecule has 1 N–H and O–H groups in total. The number of carbonyl (C=O) groups excluding carboxylic acids is 1.